The number of nitrogens with two attached hydrogens (primary N) is 1. The lowest BCUT2D eigenvalue weighted by atomic mass is 10.2. The number of rotatable bonds is 4. The van der Waals surface area contributed by atoms with Gasteiger partial charge in [-0.15, -0.1) is 0 Å². The Morgan fingerprint density at radius 1 is 1.44 bits per heavy atom. The van der Waals surface area contributed by atoms with Crippen LogP contribution in [0.3, 0.4) is 0 Å². The van der Waals surface area contributed by atoms with Crippen molar-refractivity contribution >= 4 is 28.4 Å². The first-order valence-electron chi connectivity index (χ1n) is 5.51. The molecular formula is C12H14N4O2. The van der Waals surface area contributed by atoms with Crippen LogP contribution in [0.5, 0.6) is 0 Å². The second-order valence-corrected chi connectivity index (χ2v) is 3.75. The van der Waals surface area contributed by atoms with E-state index in [4.69, 9.17) is 5.73 Å². The van der Waals surface area contributed by atoms with Crippen molar-refractivity contribution in [2.45, 2.75) is 6.42 Å². The molecule has 2 rings (SSSR count). The number of benzene rings is 1. The van der Waals surface area contributed by atoms with Gasteiger partial charge in [0.2, 0.25) is 0 Å². The van der Waals surface area contributed by atoms with Crippen molar-refractivity contribution in [1.29, 1.82) is 0 Å². The maximum absolute atomic E-state index is 11.0. The number of nitrogens with one attached hydrogen (secondary N) is 1. The molecule has 18 heavy (non-hydrogen) atoms. The number of aromatic nitrogens is 2. The van der Waals surface area contributed by atoms with Gasteiger partial charge in [0.1, 0.15) is 12.1 Å². The number of carbonyl (C=O) groups is 1. The third-order valence-electron chi connectivity index (χ3n) is 2.51. The summed E-state index contributed by atoms with van der Waals surface area (Å²) in [4.78, 5) is 19.3. The highest BCUT2D eigenvalue weighted by Crippen LogP contribution is 2.21. The SMILES string of the molecule is COC(=O)CCNc1ncnc2ccc(N)cc12. The van der Waals surface area contributed by atoms with Crippen LogP contribution in [0.4, 0.5) is 11.5 Å². The van der Waals surface area contributed by atoms with Gasteiger partial charge < -0.3 is 15.8 Å². The lowest BCUT2D eigenvalue weighted by Crippen LogP contribution is -2.10. The van der Waals surface area contributed by atoms with Crippen molar-refractivity contribution in [3.63, 3.8) is 0 Å². The van der Waals surface area contributed by atoms with Crippen LogP contribution in [0.15, 0.2) is 24.5 Å². The number of anilines is 2. The van der Waals surface area contributed by atoms with Crippen molar-refractivity contribution in [2.24, 2.45) is 0 Å². The number of methoxy groups -OCH3 is 1. The Hall–Kier alpha value is -2.37. The van der Waals surface area contributed by atoms with Crippen LogP contribution in [0.2, 0.25) is 0 Å². The van der Waals surface area contributed by atoms with Crippen LogP contribution >= 0.6 is 0 Å². The summed E-state index contributed by atoms with van der Waals surface area (Å²) in [5.41, 5.74) is 7.19. The fourth-order valence-corrected chi connectivity index (χ4v) is 1.60. The number of hydrogen-bond acceptors (Lipinski definition) is 6. The molecule has 0 fully saturated rings. The number of nitrogens with zero attached hydrogens (tertiary/aromatic N) is 2. The molecule has 0 atom stereocenters. The van der Waals surface area contributed by atoms with Gasteiger partial charge in [0.05, 0.1) is 19.0 Å². The van der Waals surface area contributed by atoms with Crippen molar-refractivity contribution in [1.82, 2.24) is 9.97 Å². The largest absolute Gasteiger partial charge is 0.469 e. The van der Waals surface area contributed by atoms with Gasteiger partial charge in [-0.25, -0.2) is 9.97 Å². The second-order valence-electron chi connectivity index (χ2n) is 3.75. The Morgan fingerprint density at radius 2 is 2.28 bits per heavy atom. The van der Waals surface area contributed by atoms with Crippen LogP contribution < -0.4 is 11.1 Å². The Balaban J connectivity index is 2.17. The lowest BCUT2D eigenvalue weighted by Gasteiger charge is -2.07. The van der Waals surface area contributed by atoms with Gasteiger partial charge in [-0.1, -0.05) is 0 Å². The molecule has 2 aromatic rings. The second kappa shape index (κ2) is 5.31. The van der Waals surface area contributed by atoms with Gasteiger partial charge in [0, 0.05) is 17.6 Å². The van der Waals surface area contributed by atoms with E-state index in [9.17, 15) is 4.79 Å². The molecule has 94 valence electrons. The molecule has 1 aromatic carbocycles. The van der Waals surface area contributed by atoms with Crippen molar-refractivity contribution in [3.8, 4) is 0 Å². The van der Waals surface area contributed by atoms with Crippen molar-refractivity contribution < 1.29 is 9.53 Å². The molecule has 0 saturated carbocycles. The summed E-state index contributed by atoms with van der Waals surface area (Å²) in [6, 6.07) is 5.42. The fraction of sp³-hybridized carbons (Fsp3) is 0.250. The minimum absolute atomic E-state index is 0.264. The Bertz CT molecular complexity index is 571. The van der Waals surface area contributed by atoms with E-state index >= 15 is 0 Å². The maximum atomic E-state index is 11.0. The average Bonchev–Trinajstić information content (AvgIpc) is 2.39. The Kier molecular flexibility index (Phi) is 3.57. The van der Waals surface area contributed by atoms with Crippen LogP contribution in [-0.4, -0.2) is 29.6 Å². The van der Waals surface area contributed by atoms with E-state index in [1.54, 1.807) is 12.1 Å². The molecule has 0 spiro atoms. The number of ether oxygens (including phenoxy) is 1. The van der Waals surface area contributed by atoms with E-state index in [0.29, 0.717) is 18.1 Å². The lowest BCUT2D eigenvalue weighted by molar-refractivity contribution is -0.140. The molecular weight excluding hydrogens is 232 g/mol. The molecule has 0 aliphatic carbocycles. The summed E-state index contributed by atoms with van der Waals surface area (Å²) in [5.74, 6) is 0.400. The number of fused-ring (bicyclic) bond motifs is 1. The zero-order valence-electron chi connectivity index (χ0n) is 10.0. The van der Waals surface area contributed by atoms with E-state index < -0.39 is 0 Å². The van der Waals surface area contributed by atoms with Gasteiger partial charge in [0.15, 0.2) is 0 Å². The van der Waals surface area contributed by atoms with Gasteiger partial charge in [-0.2, -0.15) is 0 Å². The van der Waals surface area contributed by atoms with Crippen LogP contribution in [0.25, 0.3) is 10.9 Å². The zero-order chi connectivity index (χ0) is 13.0. The number of hydrogen-bond donors (Lipinski definition) is 2. The van der Waals surface area contributed by atoms with E-state index in [0.717, 1.165) is 10.9 Å². The quantitative estimate of drug-likeness (QED) is 0.622. The highest BCUT2D eigenvalue weighted by Gasteiger charge is 2.05. The topological polar surface area (TPSA) is 90.1 Å². The molecule has 6 heteroatoms. The Labute approximate surface area is 104 Å². The molecule has 0 radical (unpaired) electrons. The van der Waals surface area contributed by atoms with Crippen molar-refractivity contribution in [2.75, 3.05) is 24.7 Å². The van der Waals surface area contributed by atoms with Crippen LogP contribution in [0.1, 0.15) is 6.42 Å². The minimum Gasteiger partial charge on any atom is -0.469 e. The first kappa shape index (κ1) is 12.1. The van der Waals surface area contributed by atoms with Gasteiger partial charge in [-0.05, 0) is 18.2 Å². The summed E-state index contributed by atoms with van der Waals surface area (Å²) >= 11 is 0. The van der Waals surface area contributed by atoms with E-state index in [1.165, 1.54) is 13.4 Å². The highest BCUT2D eigenvalue weighted by atomic mass is 16.5. The first-order chi connectivity index (χ1) is 8.70. The molecule has 1 aromatic heterocycles. The average molecular weight is 246 g/mol. The number of esters is 1. The normalized spacial score (nSPS) is 10.3. The monoisotopic (exact) mass is 246 g/mol. The predicted molar refractivity (Wildman–Crippen MR) is 69.1 cm³/mol. The molecule has 0 amide bonds. The first-order valence-corrected chi connectivity index (χ1v) is 5.51. The maximum Gasteiger partial charge on any atom is 0.307 e. The summed E-state index contributed by atoms with van der Waals surface area (Å²) in [7, 11) is 1.36. The van der Waals surface area contributed by atoms with Gasteiger partial charge in [-0.3, -0.25) is 4.79 Å². The Morgan fingerprint density at radius 3 is 3.06 bits per heavy atom. The molecule has 0 aliphatic heterocycles. The molecule has 1 heterocycles. The fourth-order valence-electron chi connectivity index (χ4n) is 1.60. The molecule has 0 bridgehead atoms. The van der Waals surface area contributed by atoms with Gasteiger partial charge >= 0.3 is 5.97 Å². The number of nitrogen functional groups attached to an aromatic ring is 1. The van der Waals surface area contributed by atoms with Gasteiger partial charge in [0.25, 0.3) is 0 Å². The third kappa shape index (κ3) is 2.65. The molecule has 3 N–H and O–H groups in total. The minimum atomic E-state index is -0.264. The summed E-state index contributed by atoms with van der Waals surface area (Å²) in [5, 5.41) is 3.91. The summed E-state index contributed by atoms with van der Waals surface area (Å²) < 4.78 is 4.56. The van der Waals surface area contributed by atoms with E-state index in [-0.39, 0.29) is 12.4 Å². The molecule has 0 unspecified atom stereocenters. The standard InChI is InChI=1S/C12H14N4O2/c1-18-11(17)4-5-14-12-9-6-8(13)2-3-10(9)15-7-16-12/h2-3,6-7H,4-5,13H2,1H3,(H,14,15,16). The molecule has 6 nitrogen and oxygen atoms in total. The smallest absolute Gasteiger partial charge is 0.307 e. The molecule has 0 aliphatic rings. The third-order valence-corrected chi connectivity index (χ3v) is 2.51. The van der Waals surface area contributed by atoms with E-state index in [2.05, 4.69) is 20.0 Å². The summed E-state index contributed by atoms with van der Waals surface area (Å²) in [6.07, 6.45) is 1.75. The molecule has 0 saturated heterocycles. The summed E-state index contributed by atoms with van der Waals surface area (Å²) in [6.45, 7) is 0.452. The zero-order valence-corrected chi connectivity index (χ0v) is 10.0. The number of carbonyl (C=O) groups excluding carboxylic acids is 1. The van der Waals surface area contributed by atoms with Crippen LogP contribution in [-0.2, 0) is 9.53 Å². The van der Waals surface area contributed by atoms with Crippen LogP contribution in [0, 0.1) is 0 Å². The van der Waals surface area contributed by atoms with E-state index in [1.807, 2.05) is 6.07 Å². The highest BCUT2D eigenvalue weighted by molar-refractivity contribution is 5.91. The van der Waals surface area contributed by atoms with Crippen molar-refractivity contribution in [3.05, 3.63) is 24.5 Å². The predicted octanol–water partition coefficient (Wildman–Crippen LogP) is 1.19.